The van der Waals surface area contributed by atoms with Crippen molar-refractivity contribution in [1.82, 2.24) is 4.90 Å². The van der Waals surface area contributed by atoms with Crippen LogP contribution in [0.1, 0.15) is 26.7 Å². The minimum atomic E-state index is -0.318. The van der Waals surface area contributed by atoms with Gasteiger partial charge in [0.2, 0.25) is 0 Å². The molecule has 3 nitrogen and oxygen atoms in total. The maximum Gasteiger partial charge on any atom is 0.333 e. The fourth-order valence-corrected chi connectivity index (χ4v) is 1.17. The average Bonchev–Trinajstić information content (AvgIpc) is 2.33. The van der Waals surface area contributed by atoms with Crippen LogP contribution in [0.4, 0.5) is 0 Å². The third-order valence-electron chi connectivity index (χ3n) is 2.31. The molecule has 0 amide bonds. The molecule has 0 aliphatic carbocycles. The van der Waals surface area contributed by atoms with Crippen molar-refractivity contribution in [3.05, 3.63) is 36.5 Å². The number of ether oxygens (including phenoxy) is 1. The normalized spacial score (nSPS) is 11.6. The van der Waals surface area contributed by atoms with Crippen LogP contribution < -0.4 is 0 Å². The molecule has 0 bridgehead atoms. The molecule has 0 aromatic carbocycles. The summed E-state index contributed by atoms with van der Waals surface area (Å²) in [5.74, 6) is -0.318. The molecule has 0 saturated carbocycles. The van der Waals surface area contributed by atoms with E-state index in [1.54, 1.807) is 6.92 Å². The van der Waals surface area contributed by atoms with Crippen molar-refractivity contribution in [3.8, 4) is 0 Å². The quantitative estimate of drug-likeness (QED) is 0.358. The van der Waals surface area contributed by atoms with Gasteiger partial charge in [0, 0.05) is 18.7 Å². The van der Waals surface area contributed by atoms with Crippen molar-refractivity contribution in [2.75, 3.05) is 26.7 Å². The van der Waals surface area contributed by atoms with Gasteiger partial charge in [0.15, 0.2) is 0 Å². The molecule has 0 saturated heterocycles. The Kier molecular flexibility index (Phi) is 9.97. The Hall–Kier alpha value is -1.35. The highest BCUT2D eigenvalue weighted by atomic mass is 16.5. The summed E-state index contributed by atoms with van der Waals surface area (Å²) in [6.45, 7) is 9.32. The lowest BCUT2D eigenvalue weighted by atomic mass is 10.3. The highest BCUT2D eigenvalue weighted by Crippen LogP contribution is 1.93. The molecule has 0 radical (unpaired) electrons. The second-order valence-electron chi connectivity index (χ2n) is 4.32. The predicted octanol–water partition coefficient (Wildman–Crippen LogP) is 2.95. The van der Waals surface area contributed by atoms with Crippen molar-refractivity contribution in [3.63, 3.8) is 0 Å². The first-order chi connectivity index (χ1) is 8.57. The molecule has 102 valence electrons. The maximum absolute atomic E-state index is 11.1. The Morgan fingerprint density at radius 2 is 2.00 bits per heavy atom. The number of likely N-dealkylation sites (N-methyl/N-ethyl adjacent to an activating group) is 1. The van der Waals surface area contributed by atoms with Crippen LogP contribution in [0.2, 0.25) is 0 Å². The zero-order valence-electron chi connectivity index (χ0n) is 11.8. The molecule has 0 unspecified atom stereocenters. The largest absolute Gasteiger partial charge is 0.461 e. The van der Waals surface area contributed by atoms with E-state index in [-0.39, 0.29) is 5.97 Å². The first kappa shape index (κ1) is 16.6. The van der Waals surface area contributed by atoms with Gasteiger partial charge < -0.3 is 4.74 Å². The van der Waals surface area contributed by atoms with Crippen LogP contribution >= 0.6 is 0 Å². The summed E-state index contributed by atoms with van der Waals surface area (Å²) in [5, 5.41) is 0. The van der Waals surface area contributed by atoms with Gasteiger partial charge in [-0.15, -0.1) is 0 Å². The van der Waals surface area contributed by atoms with Crippen LogP contribution in [0.3, 0.4) is 0 Å². The molecule has 0 aromatic rings. The van der Waals surface area contributed by atoms with E-state index in [9.17, 15) is 4.79 Å². The maximum atomic E-state index is 11.1. The van der Waals surface area contributed by atoms with Crippen LogP contribution in [-0.2, 0) is 9.53 Å². The van der Waals surface area contributed by atoms with Gasteiger partial charge in [-0.3, -0.25) is 4.90 Å². The smallest absolute Gasteiger partial charge is 0.333 e. The lowest BCUT2D eigenvalue weighted by molar-refractivity contribution is -0.139. The molecule has 0 aromatic heterocycles. The third-order valence-corrected chi connectivity index (χ3v) is 2.31. The fourth-order valence-electron chi connectivity index (χ4n) is 1.17. The second-order valence-corrected chi connectivity index (χ2v) is 4.32. The van der Waals surface area contributed by atoms with Crippen LogP contribution in [-0.4, -0.2) is 37.6 Å². The van der Waals surface area contributed by atoms with Crippen molar-refractivity contribution in [2.24, 2.45) is 0 Å². The van der Waals surface area contributed by atoms with Crippen LogP contribution in [0.25, 0.3) is 0 Å². The standard InChI is InChI=1S/C15H25NO2/c1-5-6-7-8-9-10-11-16(4)12-13-18-15(17)14(2)3/h7-10H,2,5-6,11-13H2,1,3-4H3. The Morgan fingerprint density at radius 3 is 2.61 bits per heavy atom. The van der Waals surface area contributed by atoms with E-state index < -0.39 is 0 Å². The second kappa shape index (κ2) is 10.8. The molecule has 0 aliphatic heterocycles. The van der Waals surface area contributed by atoms with E-state index in [0.29, 0.717) is 12.2 Å². The molecular formula is C15H25NO2. The molecule has 0 spiro atoms. The number of carbonyl (C=O) groups is 1. The molecule has 0 N–H and O–H groups in total. The molecule has 0 heterocycles. The monoisotopic (exact) mass is 251 g/mol. The highest BCUT2D eigenvalue weighted by molar-refractivity contribution is 5.86. The SMILES string of the molecule is C=C(C)C(=O)OCCN(C)CC=CC=CCCC. The topological polar surface area (TPSA) is 29.5 Å². The molecule has 3 heteroatoms. The van der Waals surface area contributed by atoms with E-state index in [1.165, 1.54) is 6.42 Å². The van der Waals surface area contributed by atoms with E-state index in [0.717, 1.165) is 19.5 Å². The lowest BCUT2D eigenvalue weighted by Gasteiger charge is -2.13. The zero-order chi connectivity index (χ0) is 13.8. The van der Waals surface area contributed by atoms with Gasteiger partial charge in [-0.05, 0) is 20.4 Å². The van der Waals surface area contributed by atoms with Gasteiger partial charge in [-0.2, -0.15) is 0 Å². The lowest BCUT2D eigenvalue weighted by Crippen LogP contribution is -2.24. The molecule has 0 aliphatic rings. The number of allylic oxidation sites excluding steroid dienone is 3. The van der Waals surface area contributed by atoms with E-state index >= 15 is 0 Å². The van der Waals surface area contributed by atoms with Crippen LogP contribution in [0, 0.1) is 0 Å². The van der Waals surface area contributed by atoms with Crippen molar-refractivity contribution in [1.29, 1.82) is 0 Å². The minimum absolute atomic E-state index is 0.318. The Morgan fingerprint density at radius 1 is 1.33 bits per heavy atom. The van der Waals surface area contributed by atoms with E-state index in [1.807, 2.05) is 13.1 Å². The highest BCUT2D eigenvalue weighted by Gasteiger charge is 2.03. The number of rotatable bonds is 9. The van der Waals surface area contributed by atoms with Gasteiger partial charge in [-0.25, -0.2) is 4.79 Å². The summed E-state index contributed by atoms with van der Waals surface area (Å²) < 4.78 is 5.02. The molecule has 0 fully saturated rings. The molecule has 18 heavy (non-hydrogen) atoms. The summed E-state index contributed by atoms with van der Waals surface area (Å²) >= 11 is 0. The van der Waals surface area contributed by atoms with Gasteiger partial charge in [0.05, 0.1) is 0 Å². The summed E-state index contributed by atoms with van der Waals surface area (Å²) in [7, 11) is 1.99. The number of hydrogen-bond acceptors (Lipinski definition) is 3. The number of esters is 1. The predicted molar refractivity (Wildman–Crippen MR) is 76.5 cm³/mol. The van der Waals surface area contributed by atoms with Gasteiger partial charge in [0.25, 0.3) is 0 Å². The Bertz CT molecular complexity index is 306. The molecule has 0 atom stereocenters. The average molecular weight is 251 g/mol. The van der Waals surface area contributed by atoms with Crippen molar-refractivity contribution < 1.29 is 9.53 Å². The first-order valence-corrected chi connectivity index (χ1v) is 6.40. The molecular weight excluding hydrogens is 226 g/mol. The van der Waals surface area contributed by atoms with E-state index in [2.05, 4.69) is 36.6 Å². The van der Waals surface area contributed by atoms with Crippen molar-refractivity contribution >= 4 is 5.97 Å². The van der Waals surface area contributed by atoms with Crippen LogP contribution in [0.5, 0.6) is 0 Å². The van der Waals surface area contributed by atoms with Gasteiger partial charge in [-0.1, -0.05) is 44.2 Å². The number of carbonyl (C=O) groups excluding carboxylic acids is 1. The van der Waals surface area contributed by atoms with Gasteiger partial charge in [0.1, 0.15) is 6.61 Å². The Balaban J connectivity index is 3.62. The van der Waals surface area contributed by atoms with Crippen molar-refractivity contribution in [2.45, 2.75) is 26.7 Å². The van der Waals surface area contributed by atoms with E-state index in [4.69, 9.17) is 4.74 Å². The number of nitrogens with zero attached hydrogens (tertiary/aromatic N) is 1. The van der Waals surface area contributed by atoms with Crippen LogP contribution in [0.15, 0.2) is 36.5 Å². The molecule has 0 rings (SSSR count). The number of hydrogen-bond donors (Lipinski definition) is 0. The summed E-state index contributed by atoms with van der Waals surface area (Å²) in [6, 6.07) is 0. The first-order valence-electron chi connectivity index (χ1n) is 6.40. The van der Waals surface area contributed by atoms with Gasteiger partial charge >= 0.3 is 5.97 Å². The summed E-state index contributed by atoms with van der Waals surface area (Å²) in [5.41, 5.74) is 0.443. The minimum Gasteiger partial charge on any atom is -0.461 e. The zero-order valence-corrected chi connectivity index (χ0v) is 11.8. The number of unbranched alkanes of at least 4 members (excludes halogenated alkanes) is 1. The third kappa shape index (κ3) is 9.85. The summed E-state index contributed by atoms with van der Waals surface area (Å²) in [4.78, 5) is 13.2. The Labute approximate surface area is 111 Å². The summed E-state index contributed by atoms with van der Waals surface area (Å²) in [6.07, 6.45) is 10.7. The fraction of sp³-hybridized carbons (Fsp3) is 0.533.